The number of dihydropyridines is 1. The Kier molecular flexibility index (Phi) is 9.18. The van der Waals surface area contributed by atoms with E-state index in [-0.39, 0.29) is 11.7 Å². The Hall–Kier alpha value is -4.63. The van der Waals surface area contributed by atoms with Gasteiger partial charge in [0, 0.05) is 23.9 Å². The van der Waals surface area contributed by atoms with Crippen molar-refractivity contribution in [2.45, 2.75) is 24.9 Å². The van der Waals surface area contributed by atoms with Gasteiger partial charge in [-0.05, 0) is 98.6 Å². The third-order valence-corrected chi connectivity index (χ3v) is 7.69. The van der Waals surface area contributed by atoms with Crippen molar-refractivity contribution in [3.05, 3.63) is 120 Å². The molecule has 0 aliphatic carbocycles. The van der Waals surface area contributed by atoms with Gasteiger partial charge < -0.3 is 26.0 Å². The number of likely N-dealkylation sites (tertiary alicyclic amines) is 1. The Bertz CT molecular complexity index is 1440. The van der Waals surface area contributed by atoms with Crippen LogP contribution in [0.2, 0.25) is 0 Å². The summed E-state index contributed by atoms with van der Waals surface area (Å²) in [5.41, 5.74) is 1.66. The van der Waals surface area contributed by atoms with Crippen molar-refractivity contribution in [2.24, 2.45) is 5.92 Å². The van der Waals surface area contributed by atoms with Gasteiger partial charge in [-0.25, -0.2) is 9.18 Å². The van der Waals surface area contributed by atoms with Crippen molar-refractivity contribution in [3.8, 4) is 5.75 Å². The molecule has 2 aliphatic rings. The number of allylic oxidation sites excluding steroid dienone is 2. The van der Waals surface area contributed by atoms with E-state index < -0.39 is 11.7 Å². The van der Waals surface area contributed by atoms with E-state index in [1.807, 2.05) is 30.3 Å². The smallest absolute Gasteiger partial charge is 0.323 e. The van der Waals surface area contributed by atoms with E-state index in [1.165, 1.54) is 12.1 Å². The number of nitrogens with zero attached hydrogens (tertiary/aromatic N) is 1. The molecule has 4 N–H and O–H groups in total. The number of piperidine rings is 1. The van der Waals surface area contributed by atoms with Crippen molar-refractivity contribution in [3.63, 3.8) is 0 Å². The van der Waals surface area contributed by atoms with E-state index >= 15 is 0 Å². The Morgan fingerprint density at radius 1 is 1.00 bits per heavy atom. The second-order valence-electron chi connectivity index (χ2n) is 10.7. The van der Waals surface area contributed by atoms with Gasteiger partial charge in [-0.1, -0.05) is 36.4 Å². The molecule has 9 heteroatoms. The summed E-state index contributed by atoms with van der Waals surface area (Å²) < 4.78 is 18.6. The summed E-state index contributed by atoms with van der Waals surface area (Å²) in [4.78, 5) is 28.9. The summed E-state index contributed by atoms with van der Waals surface area (Å²) in [5, 5.41) is 12.4. The van der Waals surface area contributed by atoms with Gasteiger partial charge in [0.25, 0.3) is 5.91 Å². The number of rotatable bonds is 9. The third-order valence-electron chi connectivity index (χ3n) is 7.69. The van der Waals surface area contributed by atoms with E-state index in [1.54, 1.807) is 61.9 Å². The minimum absolute atomic E-state index is 0.222. The molecule has 1 saturated heterocycles. The molecule has 2 aliphatic heterocycles. The molecule has 1 fully saturated rings. The number of halogens is 1. The summed E-state index contributed by atoms with van der Waals surface area (Å²) in [6, 6.07) is 22.4. The average molecular weight is 570 g/mol. The zero-order valence-corrected chi connectivity index (χ0v) is 23.6. The SMILES string of the molecule is COc1cccc(NC(=O)NC2=CC=CNC2(CN2CCC(Cc3ccc(F)cc3)CC2)NC(=O)c2ccccc2)c1. The quantitative estimate of drug-likeness (QED) is 0.290. The molecule has 1 atom stereocenters. The zero-order valence-electron chi connectivity index (χ0n) is 23.6. The van der Waals surface area contributed by atoms with Crippen LogP contribution in [-0.4, -0.2) is 49.2 Å². The number of urea groups is 1. The number of hydrogen-bond acceptors (Lipinski definition) is 5. The molecule has 8 nitrogen and oxygen atoms in total. The van der Waals surface area contributed by atoms with Gasteiger partial charge in [0.2, 0.25) is 0 Å². The molecule has 5 rings (SSSR count). The van der Waals surface area contributed by atoms with E-state index in [0.717, 1.165) is 37.9 Å². The first-order valence-corrected chi connectivity index (χ1v) is 14.1. The number of anilines is 1. The maximum atomic E-state index is 13.4. The van der Waals surface area contributed by atoms with Gasteiger partial charge >= 0.3 is 6.03 Å². The lowest BCUT2D eigenvalue weighted by Crippen LogP contribution is -2.67. The first-order chi connectivity index (χ1) is 20.4. The first-order valence-electron chi connectivity index (χ1n) is 14.1. The van der Waals surface area contributed by atoms with Crippen LogP contribution in [0.5, 0.6) is 5.75 Å². The van der Waals surface area contributed by atoms with E-state index in [9.17, 15) is 14.0 Å². The fourth-order valence-electron chi connectivity index (χ4n) is 5.46. The van der Waals surface area contributed by atoms with E-state index in [4.69, 9.17) is 4.74 Å². The fraction of sp³-hybridized carbons (Fsp3) is 0.273. The molecule has 3 amide bonds. The van der Waals surface area contributed by atoms with Gasteiger partial charge in [0.15, 0.2) is 5.66 Å². The number of benzene rings is 3. The summed E-state index contributed by atoms with van der Waals surface area (Å²) in [5.74, 6) is 0.634. The summed E-state index contributed by atoms with van der Waals surface area (Å²) in [7, 11) is 1.57. The van der Waals surface area contributed by atoms with Crippen LogP contribution in [0.4, 0.5) is 14.9 Å². The van der Waals surface area contributed by atoms with Gasteiger partial charge in [0.1, 0.15) is 11.6 Å². The van der Waals surface area contributed by atoms with Gasteiger partial charge in [-0.3, -0.25) is 9.69 Å². The van der Waals surface area contributed by atoms with E-state index in [2.05, 4.69) is 26.2 Å². The molecule has 0 saturated carbocycles. The van der Waals surface area contributed by atoms with Crippen LogP contribution >= 0.6 is 0 Å². The molecule has 2 heterocycles. The highest BCUT2D eigenvalue weighted by Gasteiger charge is 2.40. The van der Waals surface area contributed by atoms with Gasteiger partial charge in [0.05, 0.1) is 12.8 Å². The number of amides is 3. The molecule has 42 heavy (non-hydrogen) atoms. The predicted octanol–water partition coefficient (Wildman–Crippen LogP) is 5.04. The molecule has 218 valence electrons. The molecule has 0 radical (unpaired) electrons. The van der Waals surface area contributed by atoms with Crippen molar-refractivity contribution < 1.29 is 18.7 Å². The minimum atomic E-state index is -1.09. The molecule has 3 aromatic carbocycles. The molecule has 0 spiro atoms. The Labute approximate surface area is 245 Å². The van der Waals surface area contributed by atoms with Crippen LogP contribution in [0.15, 0.2) is 103 Å². The molecule has 0 bridgehead atoms. The number of methoxy groups -OCH3 is 1. The average Bonchev–Trinajstić information content (AvgIpc) is 3.01. The predicted molar refractivity (Wildman–Crippen MR) is 161 cm³/mol. The molecular formula is C33H36FN5O3. The Morgan fingerprint density at radius 3 is 2.50 bits per heavy atom. The van der Waals surface area contributed by atoms with E-state index in [0.29, 0.717) is 35.2 Å². The fourth-order valence-corrected chi connectivity index (χ4v) is 5.46. The van der Waals surface area contributed by atoms with Crippen molar-refractivity contribution in [1.29, 1.82) is 0 Å². The highest BCUT2D eigenvalue weighted by atomic mass is 19.1. The van der Waals surface area contributed by atoms with Crippen molar-refractivity contribution >= 4 is 17.6 Å². The van der Waals surface area contributed by atoms with Crippen molar-refractivity contribution in [2.75, 3.05) is 32.1 Å². The van der Waals surface area contributed by atoms with Crippen LogP contribution in [-0.2, 0) is 6.42 Å². The molecule has 3 aromatic rings. The van der Waals surface area contributed by atoms with Gasteiger partial charge in [-0.15, -0.1) is 0 Å². The van der Waals surface area contributed by atoms with Crippen LogP contribution in [0, 0.1) is 11.7 Å². The minimum Gasteiger partial charge on any atom is -0.497 e. The van der Waals surface area contributed by atoms with Crippen LogP contribution < -0.4 is 26.0 Å². The standard InChI is InChI=1S/C33H36FN5O3/c1-42-29-10-5-9-28(22-29)36-32(41)37-30-11-6-18-35-33(30,38-31(40)26-7-3-2-4-8-26)23-39-19-16-25(17-20-39)21-24-12-14-27(34)15-13-24/h2-15,18,22,25,35H,16-17,19-21,23H2,1H3,(H,38,40)(H2,36,37,41). The monoisotopic (exact) mass is 569 g/mol. The highest BCUT2D eigenvalue weighted by Crippen LogP contribution is 2.26. The second kappa shape index (κ2) is 13.4. The number of ether oxygens (including phenoxy) is 1. The lowest BCUT2D eigenvalue weighted by atomic mass is 9.89. The number of hydrogen-bond donors (Lipinski definition) is 4. The maximum absolute atomic E-state index is 13.4. The van der Waals surface area contributed by atoms with Crippen LogP contribution in [0.3, 0.4) is 0 Å². The second-order valence-corrected chi connectivity index (χ2v) is 10.7. The molecule has 1 unspecified atom stereocenters. The Balaban J connectivity index is 1.31. The topological polar surface area (TPSA) is 94.7 Å². The van der Waals surface area contributed by atoms with Gasteiger partial charge in [-0.2, -0.15) is 0 Å². The maximum Gasteiger partial charge on any atom is 0.323 e. The lowest BCUT2D eigenvalue weighted by molar-refractivity contribution is 0.0833. The van der Waals surface area contributed by atoms with Crippen LogP contribution in [0.1, 0.15) is 28.8 Å². The molecular weight excluding hydrogens is 533 g/mol. The summed E-state index contributed by atoms with van der Waals surface area (Å²) in [6.07, 6.45) is 8.22. The summed E-state index contributed by atoms with van der Waals surface area (Å²) >= 11 is 0. The highest BCUT2D eigenvalue weighted by molar-refractivity contribution is 5.95. The number of carbonyl (C=O) groups is 2. The Morgan fingerprint density at radius 2 is 1.76 bits per heavy atom. The number of nitrogens with one attached hydrogen (secondary N) is 4. The van der Waals surface area contributed by atoms with Crippen LogP contribution in [0.25, 0.3) is 0 Å². The third kappa shape index (κ3) is 7.36. The molecule has 0 aromatic heterocycles. The zero-order chi connectivity index (χ0) is 29.4. The summed E-state index contributed by atoms with van der Waals surface area (Å²) in [6.45, 7) is 2.08. The number of carbonyl (C=O) groups excluding carboxylic acids is 2. The van der Waals surface area contributed by atoms with Crippen molar-refractivity contribution in [1.82, 2.24) is 20.9 Å². The lowest BCUT2D eigenvalue weighted by Gasteiger charge is -2.44. The normalized spacial score (nSPS) is 18.9. The largest absolute Gasteiger partial charge is 0.497 e. The first kappa shape index (κ1) is 28.9.